The molecule has 0 aliphatic rings. The fourth-order valence-corrected chi connectivity index (χ4v) is 1.33. The van der Waals surface area contributed by atoms with E-state index < -0.39 is 4.92 Å². The van der Waals surface area contributed by atoms with Gasteiger partial charge < -0.3 is 8.94 Å². The van der Waals surface area contributed by atoms with E-state index in [-0.39, 0.29) is 17.5 Å². The van der Waals surface area contributed by atoms with Crippen molar-refractivity contribution in [1.82, 2.24) is 10.1 Å². The van der Waals surface area contributed by atoms with Gasteiger partial charge in [0.1, 0.15) is 4.92 Å². The Balaban J connectivity index is 2.21. The molecule has 2 rings (SSSR count). The monoisotopic (exact) mass is 237 g/mol. The van der Waals surface area contributed by atoms with Crippen LogP contribution in [-0.4, -0.2) is 15.1 Å². The van der Waals surface area contributed by atoms with Crippen LogP contribution in [-0.2, 0) is 6.42 Å². The highest BCUT2D eigenvalue weighted by Gasteiger charge is 2.17. The van der Waals surface area contributed by atoms with Gasteiger partial charge in [0.2, 0.25) is 11.7 Å². The molecule has 0 unspecified atom stereocenters. The van der Waals surface area contributed by atoms with Crippen LogP contribution in [0, 0.1) is 16.0 Å². The molecule has 0 saturated carbocycles. The third-order valence-electron chi connectivity index (χ3n) is 2.04. The second-order valence-electron chi connectivity index (χ2n) is 4.00. The van der Waals surface area contributed by atoms with Gasteiger partial charge in [-0.1, -0.05) is 19.0 Å². The highest BCUT2D eigenvalue weighted by Crippen LogP contribution is 2.23. The Labute approximate surface area is 96.6 Å². The van der Waals surface area contributed by atoms with E-state index in [2.05, 4.69) is 10.1 Å². The van der Waals surface area contributed by atoms with Crippen LogP contribution in [0.15, 0.2) is 21.1 Å². The summed E-state index contributed by atoms with van der Waals surface area (Å²) < 4.78 is 9.97. The Morgan fingerprint density at radius 1 is 1.47 bits per heavy atom. The Morgan fingerprint density at radius 3 is 2.82 bits per heavy atom. The molecule has 2 aromatic rings. The van der Waals surface area contributed by atoms with Crippen LogP contribution in [0.2, 0.25) is 0 Å². The lowest BCUT2D eigenvalue weighted by Gasteiger charge is -1.95. The molecule has 2 aromatic heterocycles. The topological polar surface area (TPSA) is 95.2 Å². The third kappa shape index (κ3) is 2.49. The summed E-state index contributed by atoms with van der Waals surface area (Å²) in [4.78, 5) is 13.9. The van der Waals surface area contributed by atoms with E-state index in [9.17, 15) is 10.1 Å². The van der Waals surface area contributed by atoms with Gasteiger partial charge in [-0.3, -0.25) is 10.1 Å². The Bertz CT molecular complexity index is 529. The van der Waals surface area contributed by atoms with Gasteiger partial charge in [0.15, 0.2) is 5.76 Å². The maximum absolute atomic E-state index is 10.4. The number of furan rings is 1. The molecule has 2 heterocycles. The summed E-state index contributed by atoms with van der Waals surface area (Å²) >= 11 is 0. The molecule has 0 N–H and O–H groups in total. The van der Waals surface area contributed by atoms with Gasteiger partial charge in [0.05, 0.1) is 6.07 Å². The Kier molecular flexibility index (Phi) is 2.90. The lowest BCUT2D eigenvalue weighted by molar-refractivity contribution is -0.401. The normalized spacial score (nSPS) is 11.0. The summed E-state index contributed by atoms with van der Waals surface area (Å²) in [6.07, 6.45) is 0.663. The number of hydrogen-bond donors (Lipinski definition) is 0. The molecule has 17 heavy (non-hydrogen) atoms. The van der Waals surface area contributed by atoms with Crippen molar-refractivity contribution in [3.63, 3.8) is 0 Å². The standard InChI is InChI=1S/C10H11N3O4/c1-6(2)5-8-11-10(12-17-8)7-3-4-9(16-7)13(14)15/h3-4,6H,5H2,1-2H3. The summed E-state index contributed by atoms with van der Waals surface area (Å²) in [5, 5.41) is 14.2. The van der Waals surface area contributed by atoms with Crippen molar-refractivity contribution in [1.29, 1.82) is 0 Å². The number of nitrogens with zero attached hydrogens (tertiary/aromatic N) is 3. The van der Waals surface area contributed by atoms with E-state index in [4.69, 9.17) is 8.94 Å². The van der Waals surface area contributed by atoms with Crippen LogP contribution in [0.1, 0.15) is 19.7 Å². The van der Waals surface area contributed by atoms with Crippen molar-refractivity contribution in [3.05, 3.63) is 28.1 Å². The summed E-state index contributed by atoms with van der Waals surface area (Å²) in [5.74, 6) is 1.02. The van der Waals surface area contributed by atoms with Crippen LogP contribution in [0.3, 0.4) is 0 Å². The molecular weight excluding hydrogens is 226 g/mol. The third-order valence-corrected chi connectivity index (χ3v) is 2.04. The van der Waals surface area contributed by atoms with E-state index >= 15 is 0 Å². The molecule has 0 amide bonds. The molecule has 0 atom stereocenters. The van der Waals surface area contributed by atoms with E-state index in [0.717, 1.165) is 0 Å². The molecule has 90 valence electrons. The highest BCUT2D eigenvalue weighted by atomic mass is 16.6. The van der Waals surface area contributed by atoms with Gasteiger partial charge >= 0.3 is 5.88 Å². The van der Waals surface area contributed by atoms with Gasteiger partial charge in [0, 0.05) is 6.42 Å². The molecule has 0 aromatic carbocycles. The molecule has 0 aliphatic heterocycles. The van der Waals surface area contributed by atoms with Crippen LogP contribution in [0.5, 0.6) is 0 Å². The summed E-state index contributed by atoms with van der Waals surface area (Å²) in [5.41, 5.74) is 0. The smallest absolute Gasteiger partial charge is 0.397 e. The zero-order chi connectivity index (χ0) is 12.4. The van der Waals surface area contributed by atoms with Crippen LogP contribution in [0.4, 0.5) is 5.88 Å². The second-order valence-corrected chi connectivity index (χ2v) is 4.00. The summed E-state index contributed by atoms with van der Waals surface area (Å²) in [6, 6.07) is 2.70. The van der Waals surface area contributed by atoms with Crippen molar-refractivity contribution in [2.75, 3.05) is 0 Å². The first-order chi connectivity index (χ1) is 8.06. The lowest BCUT2D eigenvalue weighted by Crippen LogP contribution is -1.93. The van der Waals surface area contributed by atoms with E-state index in [1.807, 2.05) is 13.8 Å². The second kappa shape index (κ2) is 4.36. The van der Waals surface area contributed by atoms with Crippen molar-refractivity contribution >= 4 is 5.88 Å². The van der Waals surface area contributed by atoms with Gasteiger partial charge in [-0.15, -0.1) is 0 Å². The Morgan fingerprint density at radius 2 is 2.24 bits per heavy atom. The van der Waals surface area contributed by atoms with E-state index in [0.29, 0.717) is 18.2 Å². The fourth-order valence-electron chi connectivity index (χ4n) is 1.33. The molecular formula is C10H11N3O4. The molecule has 0 spiro atoms. The maximum Gasteiger partial charge on any atom is 0.433 e. The van der Waals surface area contributed by atoms with E-state index in [1.165, 1.54) is 12.1 Å². The van der Waals surface area contributed by atoms with E-state index in [1.54, 1.807) is 0 Å². The average molecular weight is 237 g/mol. The minimum atomic E-state index is -0.612. The number of aromatic nitrogens is 2. The lowest BCUT2D eigenvalue weighted by atomic mass is 10.1. The van der Waals surface area contributed by atoms with Crippen molar-refractivity contribution < 1.29 is 13.9 Å². The minimum absolute atomic E-state index is 0.230. The zero-order valence-corrected chi connectivity index (χ0v) is 9.41. The molecule has 0 aliphatic carbocycles. The number of hydrogen-bond acceptors (Lipinski definition) is 6. The molecule has 7 nitrogen and oxygen atoms in total. The quantitative estimate of drug-likeness (QED) is 0.598. The number of rotatable bonds is 4. The predicted molar refractivity (Wildman–Crippen MR) is 57.2 cm³/mol. The number of nitro groups is 1. The zero-order valence-electron chi connectivity index (χ0n) is 9.41. The van der Waals surface area contributed by atoms with Crippen molar-refractivity contribution in [2.24, 2.45) is 5.92 Å². The molecule has 0 fully saturated rings. The van der Waals surface area contributed by atoms with Crippen LogP contribution in [0.25, 0.3) is 11.6 Å². The van der Waals surface area contributed by atoms with Gasteiger partial charge in [-0.25, -0.2) is 0 Å². The first-order valence-corrected chi connectivity index (χ1v) is 5.13. The van der Waals surface area contributed by atoms with Crippen molar-refractivity contribution in [2.45, 2.75) is 20.3 Å². The van der Waals surface area contributed by atoms with Crippen LogP contribution < -0.4 is 0 Å². The first kappa shape index (κ1) is 11.3. The predicted octanol–water partition coefficient (Wildman–Crippen LogP) is 2.44. The molecule has 0 radical (unpaired) electrons. The Hall–Kier alpha value is -2.18. The largest absolute Gasteiger partial charge is 0.433 e. The van der Waals surface area contributed by atoms with Crippen molar-refractivity contribution in [3.8, 4) is 11.6 Å². The summed E-state index contributed by atoms with van der Waals surface area (Å²) in [6.45, 7) is 4.06. The molecule has 0 bridgehead atoms. The SMILES string of the molecule is CC(C)Cc1nc(-c2ccc([N+](=O)[O-])o2)no1. The molecule has 7 heteroatoms. The first-order valence-electron chi connectivity index (χ1n) is 5.13. The van der Waals surface area contributed by atoms with Gasteiger partial charge in [-0.05, 0) is 12.0 Å². The molecule has 0 saturated heterocycles. The van der Waals surface area contributed by atoms with Gasteiger partial charge in [-0.2, -0.15) is 4.98 Å². The van der Waals surface area contributed by atoms with Gasteiger partial charge in [0.25, 0.3) is 0 Å². The summed E-state index contributed by atoms with van der Waals surface area (Å²) in [7, 11) is 0. The fraction of sp³-hybridized carbons (Fsp3) is 0.400. The maximum atomic E-state index is 10.4. The average Bonchev–Trinajstić information content (AvgIpc) is 2.83. The highest BCUT2D eigenvalue weighted by molar-refractivity contribution is 5.47. The minimum Gasteiger partial charge on any atom is -0.397 e. The van der Waals surface area contributed by atoms with Crippen LogP contribution >= 0.6 is 0 Å².